The zero-order valence-corrected chi connectivity index (χ0v) is 15.6. The molecule has 0 spiro atoms. The van der Waals surface area contributed by atoms with Crippen LogP contribution < -0.4 is 21.5 Å². The van der Waals surface area contributed by atoms with E-state index in [0.29, 0.717) is 17.2 Å². The van der Waals surface area contributed by atoms with Gasteiger partial charge in [-0.1, -0.05) is 24.8 Å². The van der Waals surface area contributed by atoms with Gasteiger partial charge in [0, 0.05) is 42.7 Å². The number of ether oxygens (including phenoxy) is 1. The third-order valence-electron chi connectivity index (χ3n) is 4.81. The first-order valence-electron chi connectivity index (χ1n) is 9.19. The lowest BCUT2D eigenvalue weighted by Crippen LogP contribution is -2.25. The smallest absolute Gasteiger partial charge is 0.149 e. The zero-order chi connectivity index (χ0) is 19.5. The molecule has 0 unspecified atom stereocenters. The van der Waals surface area contributed by atoms with Gasteiger partial charge in [0.05, 0.1) is 5.69 Å². The number of nitrogens with one attached hydrogen (secondary N) is 1. The third-order valence-corrected chi connectivity index (χ3v) is 4.81. The summed E-state index contributed by atoms with van der Waals surface area (Å²) in [5.74, 6) is 1.92. The van der Waals surface area contributed by atoms with Crippen LogP contribution in [0.5, 0.6) is 11.5 Å². The number of hydrogen-bond donors (Lipinski definition) is 3. The van der Waals surface area contributed by atoms with Crippen LogP contribution in [-0.4, -0.2) is 16.9 Å². The van der Waals surface area contributed by atoms with Crippen molar-refractivity contribution in [1.29, 1.82) is 0 Å². The molecule has 0 bridgehead atoms. The van der Waals surface area contributed by atoms with E-state index in [1.807, 2.05) is 54.6 Å². The average Bonchev–Trinajstić information content (AvgIpc) is 3.02. The monoisotopic (exact) mass is 373 g/mol. The van der Waals surface area contributed by atoms with Crippen molar-refractivity contribution in [3.63, 3.8) is 0 Å². The minimum atomic E-state index is 0.353. The van der Waals surface area contributed by atoms with E-state index < -0.39 is 0 Å². The third kappa shape index (κ3) is 3.25. The molecule has 0 fully saturated rings. The van der Waals surface area contributed by atoms with Gasteiger partial charge in [-0.15, -0.1) is 0 Å². The van der Waals surface area contributed by atoms with Crippen LogP contribution in [0, 0.1) is 0 Å². The number of aliphatic imine (C=N–C) groups is 1. The Morgan fingerprint density at radius 3 is 2.54 bits per heavy atom. The van der Waals surface area contributed by atoms with Gasteiger partial charge in [0.1, 0.15) is 23.0 Å². The maximum Gasteiger partial charge on any atom is 0.149 e. The van der Waals surface area contributed by atoms with Crippen molar-refractivity contribution < 1.29 is 4.74 Å². The number of nitrogen functional groups attached to an aromatic ring is 1. The van der Waals surface area contributed by atoms with E-state index in [0.717, 1.165) is 48.0 Å². The number of amidine groups is 1. The topological polar surface area (TPSA) is 90.6 Å². The summed E-state index contributed by atoms with van der Waals surface area (Å²) in [4.78, 5) is 4.17. The number of fused-ring (bicyclic) bond motifs is 1. The highest BCUT2D eigenvalue weighted by atomic mass is 16.5. The predicted molar refractivity (Wildman–Crippen MR) is 113 cm³/mol. The molecule has 1 aliphatic rings. The van der Waals surface area contributed by atoms with Crippen molar-refractivity contribution in [3.05, 3.63) is 84.3 Å². The van der Waals surface area contributed by atoms with Gasteiger partial charge in [0.25, 0.3) is 0 Å². The van der Waals surface area contributed by atoms with Gasteiger partial charge in [-0.2, -0.15) is 0 Å². The van der Waals surface area contributed by atoms with E-state index in [1.54, 1.807) is 0 Å². The molecule has 28 heavy (non-hydrogen) atoms. The van der Waals surface area contributed by atoms with Gasteiger partial charge in [-0.05, 0) is 36.4 Å². The highest BCUT2D eigenvalue weighted by Gasteiger charge is 2.25. The molecule has 0 aliphatic carbocycles. The summed E-state index contributed by atoms with van der Waals surface area (Å²) in [7, 11) is 0. The molecule has 0 amide bonds. The van der Waals surface area contributed by atoms with E-state index in [-0.39, 0.29) is 0 Å². The summed E-state index contributed by atoms with van der Waals surface area (Å²) >= 11 is 0. The molecule has 5 N–H and O–H groups in total. The molecule has 0 atom stereocenters. The van der Waals surface area contributed by atoms with E-state index in [2.05, 4.69) is 21.5 Å². The number of para-hydroxylation sites is 1. The van der Waals surface area contributed by atoms with Crippen molar-refractivity contribution in [2.75, 3.05) is 12.3 Å². The van der Waals surface area contributed by atoms with Crippen LogP contribution in [0.25, 0.3) is 5.69 Å². The molecule has 6 nitrogen and oxygen atoms in total. The Balaban J connectivity index is 1.76. The van der Waals surface area contributed by atoms with Crippen LogP contribution in [0.15, 0.2) is 72.4 Å². The quantitative estimate of drug-likeness (QED) is 0.472. The first kappa shape index (κ1) is 17.9. The molecule has 0 saturated carbocycles. The van der Waals surface area contributed by atoms with E-state index in [4.69, 9.17) is 16.2 Å². The molecule has 4 rings (SSSR count). The number of rotatable bonds is 5. The fourth-order valence-electron chi connectivity index (χ4n) is 3.55. The highest BCUT2D eigenvalue weighted by Crippen LogP contribution is 2.32. The number of benzene rings is 2. The fraction of sp³-hybridized carbons (Fsp3) is 0.136. The van der Waals surface area contributed by atoms with Gasteiger partial charge in [-0.3, -0.25) is 0 Å². The molecule has 0 saturated heterocycles. The minimum Gasteiger partial charge on any atom is -0.457 e. The molecule has 6 heteroatoms. The predicted octanol–water partition coefficient (Wildman–Crippen LogP) is 3.35. The SMILES string of the molecule is C=CN=C(N)c1c(N)c2c(n1-c1ccc(Oc3ccccc3)cc1)CCNC2. The first-order valence-corrected chi connectivity index (χ1v) is 9.19. The Morgan fingerprint density at radius 2 is 1.82 bits per heavy atom. The van der Waals surface area contributed by atoms with Gasteiger partial charge < -0.3 is 26.1 Å². The molecule has 1 aromatic heterocycles. The van der Waals surface area contributed by atoms with Crippen LogP contribution in [-0.2, 0) is 13.0 Å². The second kappa shape index (κ2) is 7.62. The summed E-state index contributed by atoms with van der Waals surface area (Å²) in [5.41, 5.74) is 17.2. The van der Waals surface area contributed by atoms with Gasteiger partial charge in [0.15, 0.2) is 0 Å². The Bertz CT molecular complexity index is 1020. The number of nitrogens with two attached hydrogens (primary N) is 2. The van der Waals surface area contributed by atoms with Crippen molar-refractivity contribution in [1.82, 2.24) is 9.88 Å². The summed E-state index contributed by atoms with van der Waals surface area (Å²) in [5, 5.41) is 3.37. The lowest BCUT2D eigenvalue weighted by atomic mass is 10.1. The number of nitrogens with zero attached hydrogens (tertiary/aromatic N) is 2. The Labute approximate surface area is 164 Å². The van der Waals surface area contributed by atoms with E-state index >= 15 is 0 Å². The van der Waals surface area contributed by atoms with Gasteiger partial charge >= 0.3 is 0 Å². The normalized spacial score (nSPS) is 13.8. The lowest BCUT2D eigenvalue weighted by molar-refractivity contribution is 0.482. The van der Waals surface area contributed by atoms with Crippen molar-refractivity contribution in [2.45, 2.75) is 13.0 Å². The van der Waals surface area contributed by atoms with E-state index in [1.165, 1.54) is 6.20 Å². The summed E-state index contributed by atoms with van der Waals surface area (Å²) in [6.07, 6.45) is 2.29. The Morgan fingerprint density at radius 1 is 1.11 bits per heavy atom. The summed E-state index contributed by atoms with van der Waals surface area (Å²) < 4.78 is 8.00. The van der Waals surface area contributed by atoms with Crippen LogP contribution in [0.3, 0.4) is 0 Å². The van der Waals surface area contributed by atoms with Gasteiger partial charge in [0.2, 0.25) is 0 Å². The molecular weight excluding hydrogens is 350 g/mol. The van der Waals surface area contributed by atoms with E-state index in [9.17, 15) is 0 Å². The largest absolute Gasteiger partial charge is 0.457 e. The number of aromatic nitrogens is 1. The van der Waals surface area contributed by atoms with Crippen molar-refractivity contribution >= 4 is 11.5 Å². The number of anilines is 1. The summed E-state index contributed by atoms with van der Waals surface area (Å²) in [6.45, 7) is 5.26. The summed E-state index contributed by atoms with van der Waals surface area (Å²) in [6, 6.07) is 17.6. The second-order valence-corrected chi connectivity index (χ2v) is 6.56. The molecule has 2 heterocycles. The standard InChI is InChI=1S/C22H23N5O/c1-2-26-22(24)21-20(23)18-14-25-13-12-19(18)27(21)15-8-10-17(11-9-15)28-16-6-4-3-5-7-16/h2-11,25H,1,12-14,23H2,(H2,24,26). The average molecular weight is 373 g/mol. The second-order valence-electron chi connectivity index (χ2n) is 6.56. The molecular formula is C22H23N5O. The van der Waals surface area contributed by atoms with Crippen LogP contribution >= 0.6 is 0 Å². The molecule has 2 aromatic carbocycles. The van der Waals surface area contributed by atoms with Gasteiger partial charge in [-0.25, -0.2) is 4.99 Å². The van der Waals surface area contributed by atoms with Crippen molar-refractivity contribution in [3.8, 4) is 17.2 Å². The molecule has 3 aromatic rings. The lowest BCUT2D eigenvalue weighted by Gasteiger charge is -2.18. The maximum atomic E-state index is 6.44. The first-order chi connectivity index (χ1) is 13.7. The highest BCUT2D eigenvalue weighted by molar-refractivity contribution is 6.02. The Kier molecular flexibility index (Phi) is 4.87. The fourth-order valence-corrected chi connectivity index (χ4v) is 3.55. The van der Waals surface area contributed by atoms with Crippen LogP contribution in [0.2, 0.25) is 0 Å². The molecule has 142 valence electrons. The number of hydrogen-bond acceptors (Lipinski definition) is 4. The minimum absolute atomic E-state index is 0.353. The zero-order valence-electron chi connectivity index (χ0n) is 15.6. The van der Waals surface area contributed by atoms with Crippen molar-refractivity contribution in [2.24, 2.45) is 10.7 Å². The van der Waals surface area contributed by atoms with Crippen LogP contribution in [0.4, 0.5) is 5.69 Å². The maximum absolute atomic E-state index is 6.44. The van der Waals surface area contributed by atoms with Crippen LogP contribution in [0.1, 0.15) is 17.0 Å². The Hall–Kier alpha value is -3.51. The molecule has 0 radical (unpaired) electrons. The molecule has 1 aliphatic heterocycles.